The van der Waals surface area contributed by atoms with Gasteiger partial charge in [-0.25, -0.2) is 0 Å². The highest BCUT2D eigenvalue weighted by molar-refractivity contribution is 6.35. The molecule has 0 spiro atoms. The van der Waals surface area contributed by atoms with Crippen LogP contribution >= 0.6 is 23.2 Å². The quantitative estimate of drug-likeness (QED) is 0.730. The smallest absolute Gasteiger partial charge is 0.0569 e. The van der Waals surface area contributed by atoms with Crippen LogP contribution in [0.25, 0.3) is 0 Å². The molecule has 1 aliphatic heterocycles. The number of fused-ring (bicyclic) bond motifs is 3. The molecule has 0 amide bonds. The van der Waals surface area contributed by atoms with Gasteiger partial charge in [-0.2, -0.15) is 0 Å². The molecule has 1 N–H and O–H groups in total. The van der Waals surface area contributed by atoms with Crippen LogP contribution in [0.15, 0.2) is 48.8 Å². The summed E-state index contributed by atoms with van der Waals surface area (Å²) in [5.41, 5.74) is 3.41. The number of anilines is 1. The Labute approximate surface area is 133 Å². The molecular weight excluding hydrogens is 303 g/mol. The standard InChI is InChI=1S/C17H14Cl2N2/c18-11-7-14(19)16-12-4-1-5-13(12)17(21-15(16)8-11)10-3-2-6-20-9-10/h1-4,6-9,12-13,17,21H,5H2/t12-,13-,17-/m0/s1. The van der Waals surface area contributed by atoms with E-state index in [0.717, 1.165) is 17.1 Å². The van der Waals surface area contributed by atoms with Gasteiger partial charge in [0.15, 0.2) is 0 Å². The topological polar surface area (TPSA) is 24.9 Å². The van der Waals surface area contributed by atoms with Gasteiger partial charge in [0, 0.05) is 39.6 Å². The molecule has 2 heterocycles. The summed E-state index contributed by atoms with van der Waals surface area (Å²) in [4.78, 5) is 4.25. The van der Waals surface area contributed by atoms with Gasteiger partial charge in [-0.3, -0.25) is 4.98 Å². The summed E-state index contributed by atoms with van der Waals surface area (Å²) >= 11 is 12.6. The Morgan fingerprint density at radius 3 is 2.95 bits per heavy atom. The number of pyridine rings is 1. The molecule has 2 aliphatic rings. The van der Waals surface area contributed by atoms with Crippen molar-refractivity contribution in [2.75, 3.05) is 5.32 Å². The van der Waals surface area contributed by atoms with E-state index in [9.17, 15) is 0 Å². The average Bonchev–Trinajstić information content (AvgIpc) is 2.95. The van der Waals surface area contributed by atoms with E-state index in [4.69, 9.17) is 23.2 Å². The van der Waals surface area contributed by atoms with E-state index in [0.29, 0.717) is 16.9 Å². The third-order valence-corrected chi connectivity index (χ3v) is 4.95. The molecule has 1 aromatic carbocycles. The predicted octanol–water partition coefficient (Wildman–Crippen LogP) is 5.21. The van der Waals surface area contributed by atoms with E-state index in [1.165, 1.54) is 11.1 Å². The van der Waals surface area contributed by atoms with Gasteiger partial charge in [0.2, 0.25) is 0 Å². The van der Waals surface area contributed by atoms with Crippen molar-refractivity contribution in [1.82, 2.24) is 4.98 Å². The summed E-state index contributed by atoms with van der Waals surface area (Å²) in [5, 5.41) is 5.03. The fourth-order valence-electron chi connectivity index (χ4n) is 3.53. The van der Waals surface area contributed by atoms with Crippen molar-refractivity contribution < 1.29 is 0 Å². The SMILES string of the molecule is Clc1cc(Cl)c2c(c1)N[C@@H](c1cccnc1)[C@H]1CC=C[C@H]21. The van der Waals surface area contributed by atoms with Crippen LogP contribution in [-0.2, 0) is 0 Å². The van der Waals surface area contributed by atoms with E-state index in [1.807, 2.05) is 24.4 Å². The van der Waals surface area contributed by atoms with Gasteiger partial charge < -0.3 is 5.32 Å². The second kappa shape index (κ2) is 5.04. The van der Waals surface area contributed by atoms with Crippen LogP contribution in [0.2, 0.25) is 10.0 Å². The highest BCUT2D eigenvalue weighted by atomic mass is 35.5. The van der Waals surface area contributed by atoms with Gasteiger partial charge in [-0.15, -0.1) is 0 Å². The molecule has 0 fully saturated rings. The van der Waals surface area contributed by atoms with E-state index in [-0.39, 0.29) is 6.04 Å². The van der Waals surface area contributed by atoms with Crippen molar-refractivity contribution >= 4 is 28.9 Å². The monoisotopic (exact) mass is 316 g/mol. The van der Waals surface area contributed by atoms with Gasteiger partial charge in [-0.1, -0.05) is 41.4 Å². The van der Waals surface area contributed by atoms with E-state index in [1.54, 1.807) is 6.20 Å². The van der Waals surface area contributed by atoms with Gasteiger partial charge in [0.1, 0.15) is 0 Å². The number of rotatable bonds is 1. The summed E-state index contributed by atoms with van der Waals surface area (Å²) in [6, 6.07) is 8.14. The first-order valence-electron chi connectivity index (χ1n) is 7.06. The van der Waals surface area contributed by atoms with Crippen molar-refractivity contribution in [3.63, 3.8) is 0 Å². The molecule has 3 atom stereocenters. The predicted molar refractivity (Wildman–Crippen MR) is 87.1 cm³/mol. The molecule has 4 rings (SSSR count). The summed E-state index contributed by atoms with van der Waals surface area (Å²) in [6.07, 6.45) is 9.31. The van der Waals surface area contributed by atoms with Crippen LogP contribution in [-0.4, -0.2) is 4.98 Å². The Hall–Kier alpha value is -1.51. The van der Waals surface area contributed by atoms with E-state index < -0.39 is 0 Å². The Balaban J connectivity index is 1.84. The molecule has 2 nitrogen and oxygen atoms in total. The molecule has 0 radical (unpaired) electrons. The molecule has 1 aromatic heterocycles. The molecule has 21 heavy (non-hydrogen) atoms. The summed E-state index contributed by atoms with van der Waals surface area (Å²) in [7, 11) is 0. The second-order valence-corrected chi connectivity index (χ2v) is 6.45. The van der Waals surface area contributed by atoms with Crippen molar-refractivity contribution in [3.05, 3.63) is 70.0 Å². The normalized spacial score (nSPS) is 26.1. The Bertz CT molecular complexity index is 712. The van der Waals surface area contributed by atoms with Crippen LogP contribution in [0.5, 0.6) is 0 Å². The van der Waals surface area contributed by atoms with Crippen LogP contribution in [0.1, 0.15) is 29.5 Å². The minimum Gasteiger partial charge on any atom is -0.378 e. The lowest BCUT2D eigenvalue weighted by molar-refractivity contribution is 0.425. The molecule has 106 valence electrons. The summed E-state index contributed by atoms with van der Waals surface area (Å²) in [5.74, 6) is 0.816. The fraction of sp³-hybridized carbons (Fsp3) is 0.235. The molecule has 0 bridgehead atoms. The van der Waals surface area contributed by atoms with Crippen LogP contribution in [0.4, 0.5) is 5.69 Å². The average molecular weight is 317 g/mol. The van der Waals surface area contributed by atoms with Gasteiger partial charge in [-0.05, 0) is 36.1 Å². The number of nitrogens with one attached hydrogen (secondary N) is 1. The maximum atomic E-state index is 6.44. The highest BCUT2D eigenvalue weighted by Crippen LogP contribution is 2.52. The molecule has 0 saturated carbocycles. The molecule has 2 aromatic rings. The lowest BCUT2D eigenvalue weighted by atomic mass is 9.77. The van der Waals surface area contributed by atoms with Gasteiger partial charge in [0.25, 0.3) is 0 Å². The first-order chi connectivity index (χ1) is 10.2. The molecular formula is C17H14Cl2N2. The number of aromatic nitrogens is 1. The van der Waals surface area contributed by atoms with Crippen molar-refractivity contribution in [3.8, 4) is 0 Å². The first kappa shape index (κ1) is 13.2. The number of halogens is 2. The van der Waals surface area contributed by atoms with Crippen LogP contribution < -0.4 is 5.32 Å². The molecule has 4 heteroatoms. The number of allylic oxidation sites excluding steroid dienone is 2. The zero-order chi connectivity index (χ0) is 14.4. The van der Waals surface area contributed by atoms with Crippen molar-refractivity contribution in [2.24, 2.45) is 5.92 Å². The van der Waals surface area contributed by atoms with Crippen molar-refractivity contribution in [2.45, 2.75) is 18.4 Å². The number of hydrogen-bond donors (Lipinski definition) is 1. The second-order valence-electron chi connectivity index (χ2n) is 5.61. The summed E-state index contributed by atoms with van der Waals surface area (Å²) < 4.78 is 0. The van der Waals surface area contributed by atoms with Crippen molar-refractivity contribution in [1.29, 1.82) is 0 Å². The largest absolute Gasteiger partial charge is 0.378 e. The maximum Gasteiger partial charge on any atom is 0.0569 e. The summed E-state index contributed by atoms with van der Waals surface area (Å²) in [6.45, 7) is 0. The molecule has 1 aliphatic carbocycles. The third kappa shape index (κ3) is 2.14. The van der Waals surface area contributed by atoms with Crippen LogP contribution in [0, 0.1) is 5.92 Å². The van der Waals surface area contributed by atoms with E-state index in [2.05, 4.69) is 28.5 Å². The Morgan fingerprint density at radius 1 is 1.24 bits per heavy atom. The fourth-order valence-corrected chi connectivity index (χ4v) is 4.15. The first-order valence-corrected chi connectivity index (χ1v) is 7.81. The lowest BCUT2D eigenvalue weighted by Crippen LogP contribution is -2.29. The van der Waals surface area contributed by atoms with Gasteiger partial charge >= 0.3 is 0 Å². The zero-order valence-corrected chi connectivity index (χ0v) is 12.8. The Morgan fingerprint density at radius 2 is 2.14 bits per heavy atom. The number of hydrogen-bond acceptors (Lipinski definition) is 2. The maximum absolute atomic E-state index is 6.44. The van der Waals surface area contributed by atoms with E-state index >= 15 is 0 Å². The number of benzene rings is 1. The van der Waals surface area contributed by atoms with Gasteiger partial charge in [0.05, 0.1) is 6.04 Å². The lowest BCUT2D eigenvalue weighted by Gasteiger charge is -2.37. The number of nitrogens with zero attached hydrogens (tertiary/aromatic N) is 1. The highest BCUT2D eigenvalue weighted by Gasteiger charge is 2.39. The molecule has 0 saturated heterocycles. The minimum atomic E-state index is 0.237. The molecule has 0 unspecified atom stereocenters. The Kier molecular flexibility index (Phi) is 3.16. The van der Waals surface area contributed by atoms with Crippen LogP contribution in [0.3, 0.4) is 0 Å². The third-order valence-electron chi connectivity index (χ3n) is 4.42. The minimum absolute atomic E-state index is 0.237. The zero-order valence-electron chi connectivity index (χ0n) is 11.3.